The van der Waals surface area contributed by atoms with Gasteiger partial charge in [0.2, 0.25) is 0 Å². The van der Waals surface area contributed by atoms with Gasteiger partial charge in [0.15, 0.2) is 0 Å². The number of hydrogen-bond acceptors (Lipinski definition) is 6. The number of carbonyl (C=O) groups is 1. The Hall–Kier alpha value is -2.15. The van der Waals surface area contributed by atoms with Crippen molar-refractivity contribution in [3.05, 3.63) is 33.9 Å². The molecule has 7 heteroatoms. The van der Waals surface area contributed by atoms with Gasteiger partial charge < -0.3 is 14.8 Å². The zero-order chi connectivity index (χ0) is 14.7. The fourth-order valence-electron chi connectivity index (χ4n) is 2.15. The first-order valence-electron chi connectivity index (χ1n) is 6.21. The normalized spacial score (nSPS) is 20.9. The maximum Gasteiger partial charge on any atom is 0.337 e. The molecule has 1 aromatic rings. The lowest BCUT2D eigenvalue weighted by Crippen LogP contribution is -2.40. The first kappa shape index (κ1) is 14.3. The Morgan fingerprint density at radius 3 is 2.65 bits per heavy atom. The van der Waals surface area contributed by atoms with Crippen LogP contribution in [0.2, 0.25) is 0 Å². The van der Waals surface area contributed by atoms with E-state index in [4.69, 9.17) is 4.74 Å². The SMILES string of the molecule is COC(=O)c1ccc([N+](=O)[O-])c(NC2CC(OC)C2)c1. The minimum absolute atomic E-state index is 0.0569. The highest BCUT2D eigenvalue weighted by Gasteiger charge is 2.30. The third kappa shape index (κ3) is 2.88. The number of hydrogen-bond donors (Lipinski definition) is 1. The number of nitro benzene ring substituents is 1. The number of nitro groups is 1. The second kappa shape index (κ2) is 5.87. The molecular formula is C13H16N2O5. The molecule has 0 unspecified atom stereocenters. The Labute approximate surface area is 116 Å². The third-order valence-electron chi connectivity index (χ3n) is 3.40. The van der Waals surface area contributed by atoms with Crippen molar-refractivity contribution in [1.29, 1.82) is 0 Å². The molecule has 0 spiro atoms. The molecule has 1 fully saturated rings. The molecule has 0 aliphatic heterocycles. The lowest BCUT2D eigenvalue weighted by Gasteiger charge is -2.35. The summed E-state index contributed by atoms with van der Waals surface area (Å²) in [5.41, 5.74) is 0.555. The predicted octanol–water partition coefficient (Wildman–Crippen LogP) is 1.97. The van der Waals surface area contributed by atoms with E-state index < -0.39 is 10.9 Å². The van der Waals surface area contributed by atoms with Gasteiger partial charge in [0.1, 0.15) is 5.69 Å². The summed E-state index contributed by atoms with van der Waals surface area (Å²) in [7, 11) is 2.91. The van der Waals surface area contributed by atoms with Gasteiger partial charge in [-0.3, -0.25) is 10.1 Å². The van der Waals surface area contributed by atoms with E-state index in [0.717, 1.165) is 12.8 Å². The summed E-state index contributed by atoms with van der Waals surface area (Å²) >= 11 is 0. The maximum absolute atomic E-state index is 11.5. The largest absolute Gasteiger partial charge is 0.465 e. The Balaban J connectivity index is 2.19. The fraction of sp³-hybridized carbons (Fsp3) is 0.462. The summed E-state index contributed by atoms with van der Waals surface area (Å²) in [6.07, 6.45) is 1.77. The molecule has 1 aromatic carbocycles. The monoisotopic (exact) mass is 280 g/mol. The highest BCUT2D eigenvalue weighted by atomic mass is 16.6. The molecule has 20 heavy (non-hydrogen) atoms. The number of anilines is 1. The molecule has 2 rings (SSSR count). The average molecular weight is 280 g/mol. The molecule has 0 atom stereocenters. The summed E-state index contributed by atoms with van der Waals surface area (Å²) < 4.78 is 9.78. The lowest BCUT2D eigenvalue weighted by molar-refractivity contribution is -0.384. The molecule has 0 amide bonds. The van der Waals surface area contributed by atoms with Gasteiger partial charge >= 0.3 is 5.97 Å². The van der Waals surface area contributed by atoms with Crippen LogP contribution >= 0.6 is 0 Å². The number of rotatable bonds is 5. The second-order valence-corrected chi connectivity index (χ2v) is 4.65. The van der Waals surface area contributed by atoms with Gasteiger partial charge in [-0.05, 0) is 25.0 Å². The van der Waals surface area contributed by atoms with Crippen LogP contribution in [-0.2, 0) is 9.47 Å². The molecule has 0 aromatic heterocycles. The number of carbonyl (C=O) groups excluding carboxylic acids is 1. The first-order chi connectivity index (χ1) is 9.55. The Morgan fingerprint density at radius 2 is 2.10 bits per heavy atom. The van der Waals surface area contributed by atoms with Gasteiger partial charge in [-0.1, -0.05) is 0 Å². The number of esters is 1. The zero-order valence-electron chi connectivity index (χ0n) is 11.3. The molecule has 7 nitrogen and oxygen atoms in total. The molecular weight excluding hydrogens is 264 g/mol. The van der Waals surface area contributed by atoms with E-state index in [1.807, 2.05) is 0 Å². The number of nitrogens with one attached hydrogen (secondary N) is 1. The quantitative estimate of drug-likeness (QED) is 0.503. The van der Waals surface area contributed by atoms with Crippen LogP contribution in [0, 0.1) is 10.1 Å². The number of nitrogens with zero attached hydrogens (tertiary/aromatic N) is 1. The van der Waals surface area contributed by atoms with Crippen LogP contribution in [0.5, 0.6) is 0 Å². The smallest absolute Gasteiger partial charge is 0.337 e. The molecule has 0 saturated heterocycles. The topological polar surface area (TPSA) is 90.7 Å². The maximum atomic E-state index is 11.5. The summed E-state index contributed by atoms with van der Waals surface area (Å²) in [5, 5.41) is 14.1. The van der Waals surface area contributed by atoms with Crippen molar-refractivity contribution in [2.75, 3.05) is 19.5 Å². The van der Waals surface area contributed by atoms with Gasteiger partial charge in [-0.2, -0.15) is 0 Å². The van der Waals surface area contributed by atoms with Crippen molar-refractivity contribution >= 4 is 17.3 Å². The molecule has 1 aliphatic carbocycles. The van der Waals surface area contributed by atoms with E-state index >= 15 is 0 Å². The van der Waals surface area contributed by atoms with E-state index in [1.165, 1.54) is 25.3 Å². The van der Waals surface area contributed by atoms with Crippen molar-refractivity contribution in [2.24, 2.45) is 0 Å². The van der Waals surface area contributed by atoms with E-state index in [0.29, 0.717) is 5.69 Å². The Kier molecular flexibility index (Phi) is 4.19. The zero-order valence-corrected chi connectivity index (χ0v) is 11.3. The molecule has 0 bridgehead atoms. The van der Waals surface area contributed by atoms with Crippen LogP contribution in [0.4, 0.5) is 11.4 Å². The molecule has 1 saturated carbocycles. The Morgan fingerprint density at radius 1 is 1.40 bits per heavy atom. The Bertz CT molecular complexity index is 525. The fourth-order valence-corrected chi connectivity index (χ4v) is 2.15. The minimum Gasteiger partial charge on any atom is -0.465 e. The van der Waals surface area contributed by atoms with Crippen molar-refractivity contribution in [1.82, 2.24) is 0 Å². The second-order valence-electron chi connectivity index (χ2n) is 4.65. The van der Waals surface area contributed by atoms with Gasteiger partial charge in [0.05, 0.1) is 23.7 Å². The molecule has 0 heterocycles. The van der Waals surface area contributed by atoms with Crippen molar-refractivity contribution in [3.63, 3.8) is 0 Å². The number of methoxy groups -OCH3 is 2. The van der Waals surface area contributed by atoms with Crippen LogP contribution in [0.3, 0.4) is 0 Å². The molecule has 1 N–H and O–H groups in total. The molecule has 1 aliphatic rings. The highest BCUT2D eigenvalue weighted by molar-refractivity contribution is 5.91. The van der Waals surface area contributed by atoms with Gasteiger partial charge in [-0.25, -0.2) is 4.79 Å². The van der Waals surface area contributed by atoms with E-state index in [2.05, 4.69) is 10.1 Å². The summed E-state index contributed by atoms with van der Waals surface area (Å²) in [4.78, 5) is 22.0. The van der Waals surface area contributed by atoms with Gasteiger partial charge in [0.25, 0.3) is 5.69 Å². The van der Waals surface area contributed by atoms with E-state index in [9.17, 15) is 14.9 Å². The van der Waals surface area contributed by atoms with E-state index in [-0.39, 0.29) is 23.4 Å². The van der Waals surface area contributed by atoms with Crippen LogP contribution in [0.25, 0.3) is 0 Å². The van der Waals surface area contributed by atoms with Gasteiger partial charge in [0, 0.05) is 19.2 Å². The summed E-state index contributed by atoms with van der Waals surface area (Å²) in [5.74, 6) is -0.522. The standard InChI is InChI=1S/C13H16N2O5/c1-19-10-6-9(7-10)14-11-5-8(13(16)20-2)3-4-12(11)15(17)18/h3-5,9-10,14H,6-7H2,1-2H3. The number of ether oxygens (including phenoxy) is 2. The highest BCUT2D eigenvalue weighted by Crippen LogP contribution is 2.31. The third-order valence-corrected chi connectivity index (χ3v) is 3.40. The predicted molar refractivity (Wildman–Crippen MR) is 71.9 cm³/mol. The summed E-state index contributed by atoms with van der Waals surface area (Å²) in [6.45, 7) is 0. The lowest BCUT2D eigenvalue weighted by atomic mass is 9.89. The van der Waals surface area contributed by atoms with Crippen LogP contribution in [-0.4, -0.2) is 37.3 Å². The van der Waals surface area contributed by atoms with Crippen molar-refractivity contribution in [3.8, 4) is 0 Å². The van der Waals surface area contributed by atoms with Gasteiger partial charge in [-0.15, -0.1) is 0 Å². The van der Waals surface area contributed by atoms with E-state index in [1.54, 1.807) is 7.11 Å². The van der Waals surface area contributed by atoms with Crippen LogP contribution in [0.15, 0.2) is 18.2 Å². The minimum atomic E-state index is -0.522. The first-order valence-corrected chi connectivity index (χ1v) is 6.21. The molecule has 0 radical (unpaired) electrons. The van der Waals surface area contributed by atoms with Crippen LogP contribution < -0.4 is 5.32 Å². The van der Waals surface area contributed by atoms with Crippen molar-refractivity contribution in [2.45, 2.75) is 25.0 Å². The average Bonchev–Trinajstić information content (AvgIpc) is 2.40. The van der Waals surface area contributed by atoms with Crippen molar-refractivity contribution < 1.29 is 19.2 Å². The van der Waals surface area contributed by atoms with Crippen LogP contribution in [0.1, 0.15) is 23.2 Å². The summed E-state index contributed by atoms with van der Waals surface area (Å²) in [6, 6.07) is 4.26. The molecule has 108 valence electrons. The number of benzene rings is 1.